The topological polar surface area (TPSA) is 58.3 Å². The number of hydrogen-bond acceptors (Lipinski definition) is 5. The number of hydrogen-bond donors (Lipinski definition) is 0. The quantitative estimate of drug-likeness (QED) is 0.792. The lowest BCUT2D eigenvalue weighted by Gasteiger charge is -2.26. The number of carbonyl (C=O) groups excluding carboxylic acids is 1. The number of rotatable bonds is 2. The van der Waals surface area contributed by atoms with Crippen molar-refractivity contribution in [3.63, 3.8) is 0 Å². The van der Waals surface area contributed by atoms with Gasteiger partial charge in [-0.2, -0.15) is 5.10 Å². The van der Waals surface area contributed by atoms with E-state index in [1.165, 1.54) is 0 Å². The van der Waals surface area contributed by atoms with Crippen molar-refractivity contribution in [3.05, 3.63) is 35.1 Å². The maximum absolute atomic E-state index is 12.0. The van der Waals surface area contributed by atoms with Crippen LogP contribution in [0, 0.1) is 4.77 Å². The predicted octanol–water partition coefficient (Wildman–Crippen LogP) is 1.87. The van der Waals surface area contributed by atoms with Gasteiger partial charge in [-0.05, 0) is 12.2 Å². The van der Waals surface area contributed by atoms with E-state index >= 15 is 0 Å². The first kappa shape index (κ1) is 13.8. The normalized spacial score (nSPS) is 27.3. The van der Waals surface area contributed by atoms with Gasteiger partial charge in [0.05, 0.1) is 12.6 Å². The number of ketones is 1. The lowest BCUT2D eigenvalue weighted by Crippen LogP contribution is -2.37. The van der Waals surface area contributed by atoms with Gasteiger partial charge in [-0.15, -0.1) is 0 Å². The van der Waals surface area contributed by atoms with Crippen LogP contribution in [-0.4, -0.2) is 39.1 Å². The van der Waals surface area contributed by atoms with Crippen molar-refractivity contribution in [1.29, 1.82) is 0 Å². The first-order valence-corrected chi connectivity index (χ1v) is 7.56. The Kier molecular flexibility index (Phi) is 3.21. The van der Waals surface area contributed by atoms with Crippen LogP contribution in [0.15, 0.2) is 30.3 Å². The minimum Gasteiger partial charge on any atom is -0.343 e. The summed E-state index contributed by atoms with van der Waals surface area (Å²) in [6.07, 6.45) is -0.532. The number of carbonyl (C=O) groups is 1. The SMILES string of the molecule is Cn1c(-c2ccccc2)nn([C@@H]2CC(=O)[C@@H]3OCC2O3)c1=S. The van der Waals surface area contributed by atoms with Crippen molar-refractivity contribution in [2.24, 2.45) is 7.05 Å². The highest BCUT2D eigenvalue weighted by molar-refractivity contribution is 7.71. The van der Waals surface area contributed by atoms with Crippen molar-refractivity contribution >= 4 is 18.0 Å². The van der Waals surface area contributed by atoms with Crippen LogP contribution in [0.4, 0.5) is 0 Å². The summed E-state index contributed by atoms with van der Waals surface area (Å²) in [6, 6.07) is 9.64. The molecule has 22 heavy (non-hydrogen) atoms. The largest absolute Gasteiger partial charge is 0.343 e. The van der Waals surface area contributed by atoms with Crippen molar-refractivity contribution in [2.75, 3.05) is 6.61 Å². The van der Waals surface area contributed by atoms with Gasteiger partial charge in [0.1, 0.15) is 6.10 Å². The predicted molar refractivity (Wildman–Crippen MR) is 80.7 cm³/mol. The Morgan fingerprint density at radius 3 is 2.86 bits per heavy atom. The molecule has 0 amide bonds. The minimum atomic E-state index is -0.701. The van der Waals surface area contributed by atoms with Gasteiger partial charge >= 0.3 is 0 Å². The van der Waals surface area contributed by atoms with E-state index < -0.39 is 6.29 Å². The molecule has 0 aliphatic carbocycles. The first-order valence-electron chi connectivity index (χ1n) is 7.16. The lowest BCUT2D eigenvalue weighted by atomic mass is 10.0. The van der Waals surface area contributed by atoms with E-state index in [-0.39, 0.29) is 17.9 Å². The molecule has 1 aromatic carbocycles. The van der Waals surface area contributed by atoms with Crippen LogP contribution in [0.3, 0.4) is 0 Å². The summed E-state index contributed by atoms with van der Waals surface area (Å²) < 4.78 is 15.1. The third-order valence-corrected chi connectivity index (χ3v) is 4.62. The van der Waals surface area contributed by atoms with E-state index in [9.17, 15) is 4.79 Å². The molecule has 0 radical (unpaired) electrons. The van der Waals surface area contributed by atoms with E-state index in [0.29, 0.717) is 17.8 Å². The summed E-state index contributed by atoms with van der Waals surface area (Å²) in [4.78, 5) is 12.0. The van der Waals surface area contributed by atoms with Crippen LogP contribution in [0.2, 0.25) is 0 Å². The highest BCUT2D eigenvalue weighted by Crippen LogP contribution is 2.33. The molecular weight excluding hydrogens is 302 g/mol. The molecule has 7 heteroatoms. The van der Waals surface area contributed by atoms with Gasteiger partial charge < -0.3 is 14.0 Å². The second-order valence-electron chi connectivity index (χ2n) is 5.55. The molecule has 4 rings (SSSR count). The Morgan fingerprint density at radius 2 is 2.09 bits per heavy atom. The molecule has 6 nitrogen and oxygen atoms in total. The monoisotopic (exact) mass is 317 g/mol. The van der Waals surface area contributed by atoms with Gasteiger partial charge in [0.25, 0.3) is 0 Å². The zero-order valence-corrected chi connectivity index (χ0v) is 12.8. The summed E-state index contributed by atoms with van der Waals surface area (Å²) in [5.41, 5.74) is 0.985. The third kappa shape index (κ3) is 2.05. The molecule has 1 unspecified atom stereocenters. The number of fused-ring (bicyclic) bond motifs is 2. The minimum absolute atomic E-state index is 0.0486. The van der Waals surface area contributed by atoms with Crippen molar-refractivity contribution in [1.82, 2.24) is 14.3 Å². The van der Waals surface area contributed by atoms with Crippen molar-refractivity contribution < 1.29 is 14.3 Å². The second kappa shape index (κ2) is 5.12. The van der Waals surface area contributed by atoms with Gasteiger partial charge in [0.2, 0.25) is 6.29 Å². The van der Waals surface area contributed by atoms with Crippen LogP contribution in [-0.2, 0) is 21.3 Å². The van der Waals surface area contributed by atoms with Gasteiger partial charge in [-0.1, -0.05) is 30.3 Å². The maximum atomic E-state index is 12.0. The van der Waals surface area contributed by atoms with Crippen LogP contribution < -0.4 is 0 Å². The number of nitrogens with zero attached hydrogens (tertiary/aromatic N) is 3. The summed E-state index contributed by atoms with van der Waals surface area (Å²) in [7, 11) is 1.88. The zero-order chi connectivity index (χ0) is 15.3. The van der Waals surface area contributed by atoms with Gasteiger partial charge in [0.15, 0.2) is 16.4 Å². The molecule has 2 aliphatic heterocycles. The third-order valence-electron chi connectivity index (χ3n) is 4.16. The number of Topliss-reactive ketones (excluding diaryl/α,β-unsaturated/α-hetero) is 1. The summed E-state index contributed by atoms with van der Waals surface area (Å²) >= 11 is 5.50. The van der Waals surface area contributed by atoms with Crippen LogP contribution >= 0.6 is 12.2 Å². The number of aromatic nitrogens is 3. The first-order chi connectivity index (χ1) is 10.6. The molecule has 2 aliphatic rings. The van der Waals surface area contributed by atoms with E-state index in [2.05, 4.69) is 5.10 Å². The standard InChI is InChI=1S/C15H15N3O3S/c1-17-13(9-5-3-2-4-6-9)16-18(15(17)22)10-7-11(19)14-20-8-12(10)21-14/h2-6,10,12,14H,7-8H2,1H3/t10-,12?,14-/m1/s1. The molecule has 2 aromatic rings. The molecular formula is C15H15N3O3S. The second-order valence-corrected chi connectivity index (χ2v) is 5.92. The Labute approximate surface area is 132 Å². The van der Waals surface area contributed by atoms with E-state index in [1.807, 2.05) is 41.9 Å². The lowest BCUT2D eigenvalue weighted by molar-refractivity contribution is -0.156. The van der Waals surface area contributed by atoms with E-state index in [4.69, 9.17) is 21.7 Å². The fraction of sp³-hybridized carbons (Fsp3) is 0.400. The van der Waals surface area contributed by atoms with Crippen molar-refractivity contribution in [2.45, 2.75) is 24.9 Å². The summed E-state index contributed by atoms with van der Waals surface area (Å²) in [5, 5.41) is 4.64. The Balaban J connectivity index is 1.77. The molecule has 3 atom stereocenters. The van der Waals surface area contributed by atoms with Crippen molar-refractivity contribution in [3.8, 4) is 11.4 Å². The summed E-state index contributed by atoms with van der Waals surface area (Å²) in [5.74, 6) is 0.728. The van der Waals surface area contributed by atoms with Crippen LogP contribution in [0.1, 0.15) is 12.5 Å². The highest BCUT2D eigenvalue weighted by atomic mass is 32.1. The van der Waals surface area contributed by atoms with Crippen LogP contribution in [0.5, 0.6) is 0 Å². The molecule has 0 spiro atoms. The fourth-order valence-corrected chi connectivity index (χ4v) is 3.24. The molecule has 2 saturated heterocycles. The van der Waals surface area contributed by atoms with Crippen LogP contribution in [0.25, 0.3) is 11.4 Å². The van der Waals surface area contributed by atoms with Gasteiger partial charge in [-0.25, -0.2) is 4.68 Å². The molecule has 3 heterocycles. The summed E-state index contributed by atoms with van der Waals surface area (Å²) in [6.45, 7) is 0.403. The van der Waals surface area contributed by atoms with Gasteiger partial charge in [0, 0.05) is 19.0 Å². The average Bonchev–Trinajstić information content (AvgIpc) is 3.09. The average molecular weight is 317 g/mol. The Morgan fingerprint density at radius 1 is 1.32 bits per heavy atom. The molecule has 1 aromatic heterocycles. The highest BCUT2D eigenvalue weighted by Gasteiger charge is 2.45. The fourth-order valence-electron chi connectivity index (χ4n) is 2.98. The smallest absolute Gasteiger partial charge is 0.218 e. The molecule has 0 saturated carbocycles. The molecule has 114 valence electrons. The van der Waals surface area contributed by atoms with E-state index in [0.717, 1.165) is 11.4 Å². The zero-order valence-electron chi connectivity index (χ0n) is 12.0. The number of ether oxygens (including phenoxy) is 2. The number of benzene rings is 1. The maximum Gasteiger partial charge on any atom is 0.218 e. The van der Waals surface area contributed by atoms with Gasteiger partial charge in [-0.3, -0.25) is 4.79 Å². The molecule has 2 bridgehead atoms. The molecule has 0 N–H and O–H groups in total. The molecule has 2 fully saturated rings. The Hall–Kier alpha value is -1.83. The Bertz CT molecular complexity index is 783. The van der Waals surface area contributed by atoms with E-state index in [1.54, 1.807) is 4.68 Å².